The van der Waals surface area contributed by atoms with E-state index < -0.39 is 0 Å². The fourth-order valence-electron chi connectivity index (χ4n) is 3.07. The zero-order valence-electron chi connectivity index (χ0n) is 13.7. The lowest BCUT2D eigenvalue weighted by Gasteiger charge is -2.42. The molecule has 20 heavy (non-hydrogen) atoms. The van der Waals surface area contributed by atoms with Crippen molar-refractivity contribution >= 4 is 11.3 Å². The molecule has 2 rings (SSSR count). The fraction of sp³-hybridized carbons (Fsp3) is 0.765. The van der Waals surface area contributed by atoms with Gasteiger partial charge in [-0.2, -0.15) is 0 Å². The molecule has 0 radical (unpaired) electrons. The monoisotopic (exact) mass is 294 g/mol. The van der Waals surface area contributed by atoms with Crippen LogP contribution in [0.1, 0.15) is 48.9 Å². The number of hydrogen-bond acceptors (Lipinski definition) is 3. The van der Waals surface area contributed by atoms with E-state index in [9.17, 15) is 0 Å². The van der Waals surface area contributed by atoms with E-state index in [1.54, 1.807) is 0 Å². The van der Waals surface area contributed by atoms with Crippen molar-refractivity contribution in [3.63, 3.8) is 0 Å². The molecule has 1 fully saturated rings. The summed E-state index contributed by atoms with van der Waals surface area (Å²) in [5.41, 5.74) is 1.45. The number of aryl methyl sites for hydroxylation is 2. The van der Waals surface area contributed by atoms with Gasteiger partial charge in [-0.1, -0.05) is 27.2 Å². The second-order valence-corrected chi connectivity index (χ2v) is 7.68. The zero-order valence-corrected chi connectivity index (χ0v) is 14.5. The molecule has 3 heteroatoms. The molecule has 1 aliphatic rings. The number of piperazine rings is 1. The first-order valence-electron chi connectivity index (χ1n) is 8.08. The SMILES string of the molecule is CCC(C)C1CN(Cc2cc(C)c(C)s2)C(CC)CN1. The zero-order chi connectivity index (χ0) is 14.7. The van der Waals surface area contributed by atoms with Gasteiger partial charge in [-0.3, -0.25) is 4.90 Å². The van der Waals surface area contributed by atoms with Crippen LogP contribution in [0.25, 0.3) is 0 Å². The number of thiophene rings is 1. The second kappa shape index (κ2) is 7.06. The van der Waals surface area contributed by atoms with E-state index in [0.29, 0.717) is 12.1 Å². The maximum Gasteiger partial charge on any atom is 0.0332 e. The highest BCUT2D eigenvalue weighted by molar-refractivity contribution is 7.12. The van der Waals surface area contributed by atoms with Gasteiger partial charge in [0, 0.05) is 41.5 Å². The summed E-state index contributed by atoms with van der Waals surface area (Å²) in [5.74, 6) is 0.766. The molecular formula is C17H30N2S. The summed E-state index contributed by atoms with van der Waals surface area (Å²) in [6.45, 7) is 14.9. The molecule has 1 aromatic rings. The number of hydrogen-bond donors (Lipinski definition) is 1. The van der Waals surface area contributed by atoms with Crippen LogP contribution in [0.5, 0.6) is 0 Å². The molecule has 1 N–H and O–H groups in total. The highest BCUT2D eigenvalue weighted by Gasteiger charge is 2.29. The molecule has 0 aliphatic carbocycles. The van der Waals surface area contributed by atoms with Crippen LogP contribution >= 0.6 is 11.3 Å². The molecule has 3 unspecified atom stereocenters. The van der Waals surface area contributed by atoms with Crippen molar-refractivity contribution in [1.29, 1.82) is 0 Å². The summed E-state index contributed by atoms with van der Waals surface area (Å²) in [6, 6.07) is 3.73. The van der Waals surface area contributed by atoms with Crippen molar-refractivity contribution < 1.29 is 0 Å². The largest absolute Gasteiger partial charge is 0.311 e. The lowest BCUT2D eigenvalue weighted by Crippen LogP contribution is -2.57. The highest BCUT2D eigenvalue weighted by atomic mass is 32.1. The van der Waals surface area contributed by atoms with Crippen LogP contribution in [0.4, 0.5) is 0 Å². The van der Waals surface area contributed by atoms with Crippen LogP contribution in [0.15, 0.2) is 6.07 Å². The molecule has 0 bridgehead atoms. The van der Waals surface area contributed by atoms with E-state index in [-0.39, 0.29) is 0 Å². The third-order valence-electron chi connectivity index (χ3n) is 4.94. The number of nitrogens with zero attached hydrogens (tertiary/aromatic N) is 1. The minimum Gasteiger partial charge on any atom is -0.311 e. The van der Waals surface area contributed by atoms with E-state index >= 15 is 0 Å². The Bertz CT molecular complexity index is 407. The minimum atomic E-state index is 0.657. The maximum absolute atomic E-state index is 3.76. The van der Waals surface area contributed by atoms with E-state index in [4.69, 9.17) is 0 Å². The predicted molar refractivity (Wildman–Crippen MR) is 89.5 cm³/mol. The number of rotatable bonds is 5. The molecule has 0 saturated carbocycles. The van der Waals surface area contributed by atoms with Crippen molar-refractivity contribution in [2.75, 3.05) is 13.1 Å². The van der Waals surface area contributed by atoms with Gasteiger partial charge in [0.25, 0.3) is 0 Å². The first kappa shape index (κ1) is 16.0. The average molecular weight is 295 g/mol. The lowest BCUT2D eigenvalue weighted by atomic mass is 9.95. The molecule has 0 amide bonds. The van der Waals surface area contributed by atoms with Crippen LogP contribution in [-0.4, -0.2) is 30.1 Å². The van der Waals surface area contributed by atoms with Gasteiger partial charge in [0.05, 0.1) is 0 Å². The Morgan fingerprint density at radius 2 is 2.15 bits per heavy atom. The van der Waals surface area contributed by atoms with Gasteiger partial charge in [0.2, 0.25) is 0 Å². The summed E-state index contributed by atoms with van der Waals surface area (Å²) >= 11 is 1.97. The first-order valence-corrected chi connectivity index (χ1v) is 8.90. The van der Waals surface area contributed by atoms with Crippen LogP contribution in [0, 0.1) is 19.8 Å². The van der Waals surface area contributed by atoms with Gasteiger partial charge >= 0.3 is 0 Å². The van der Waals surface area contributed by atoms with Gasteiger partial charge in [-0.05, 0) is 37.8 Å². The van der Waals surface area contributed by atoms with Gasteiger partial charge in [-0.25, -0.2) is 0 Å². The Labute approximate surface area is 128 Å². The molecule has 0 spiro atoms. The summed E-state index contributed by atoms with van der Waals surface area (Å²) in [7, 11) is 0. The topological polar surface area (TPSA) is 15.3 Å². The van der Waals surface area contributed by atoms with Crippen LogP contribution in [-0.2, 0) is 6.54 Å². The Hall–Kier alpha value is -0.380. The van der Waals surface area contributed by atoms with E-state index in [1.807, 2.05) is 11.3 Å². The van der Waals surface area contributed by atoms with Crippen molar-refractivity contribution in [3.8, 4) is 0 Å². The van der Waals surface area contributed by atoms with Crippen molar-refractivity contribution in [1.82, 2.24) is 10.2 Å². The summed E-state index contributed by atoms with van der Waals surface area (Å²) in [5, 5.41) is 3.76. The minimum absolute atomic E-state index is 0.657. The second-order valence-electron chi connectivity index (χ2n) is 6.34. The predicted octanol–water partition coefficient (Wildman–Crippen LogP) is 3.96. The van der Waals surface area contributed by atoms with Crippen LogP contribution < -0.4 is 5.32 Å². The smallest absolute Gasteiger partial charge is 0.0332 e. The molecule has 3 atom stereocenters. The Morgan fingerprint density at radius 3 is 2.70 bits per heavy atom. The van der Waals surface area contributed by atoms with E-state index in [0.717, 1.165) is 19.0 Å². The van der Waals surface area contributed by atoms with Gasteiger partial charge in [0.15, 0.2) is 0 Å². The van der Waals surface area contributed by atoms with Crippen LogP contribution in [0.3, 0.4) is 0 Å². The quantitative estimate of drug-likeness (QED) is 0.884. The molecular weight excluding hydrogens is 264 g/mol. The van der Waals surface area contributed by atoms with Crippen molar-refractivity contribution in [3.05, 3.63) is 21.4 Å². The lowest BCUT2D eigenvalue weighted by molar-refractivity contribution is 0.100. The summed E-state index contributed by atoms with van der Waals surface area (Å²) in [6.07, 6.45) is 2.50. The van der Waals surface area contributed by atoms with E-state index in [1.165, 1.54) is 34.7 Å². The summed E-state index contributed by atoms with van der Waals surface area (Å²) in [4.78, 5) is 5.71. The first-order chi connectivity index (χ1) is 9.55. The van der Waals surface area contributed by atoms with Gasteiger partial charge < -0.3 is 5.32 Å². The van der Waals surface area contributed by atoms with Crippen molar-refractivity contribution in [2.45, 2.75) is 66.1 Å². The van der Waals surface area contributed by atoms with Gasteiger partial charge in [0.1, 0.15) is 0 Å². The Kier molecular flexibility index (Phi) is 5.65. The third kappa shape index (κ3) is 3.63. The Morgan fingerprint density at radius 1 is 1.40 bits per heavy atom. The molecule has 2 heterocycles. The third-order valence-corrected chi connectivity index (χ3v) is 6.08. The number of nitrogens with one attached hydrogen (secondary N) is 1. The fourth-order valence-corrected chi connectivity index (χ4v) is 4.15. The molecule has 1 aromatic heterocycles. The molecule has 114 valence electrons. The standard InChI is InChI=1S/C17H30N2S/c1-6-12(3)17-11-19(15(7-2)9-18-17)10-16-8-13(4)14(5)20-16/h8,12,15,17-18H,6-7,9-11H2,1-5H3. The van der Waals surface area contributed by atoms with Crippen LogP contribution in [0.2, 0.25) is 0 Å². The molecule has 0 aromatic carbocycles. The molecule has 1 aliphatic heterocycles. The normalized spacial score (nSPS) is 25.9. The molecule has 1 saturated heterocycles. The van der Waals surface area contributed by atoms with Gasteiger partial charge in [-0.15, -0.1) is 11.3 Å². The highest BCUT2D eigenvalue weighted by Crippen LogP contribution is 2.25. The Balaban J connectivity index is 2.05. The summed E-state index contributed by atoms with van der Waals surface area (Å²) < 4.78 is 0. The van der Waals surface area contributed by atoms with Crippen molar-refractivity contribution in [2.24, 2.45) is 5.92 Å². The van der Waals surface area contributed by atoms with E-state index in [2.05, 4.69) is 50.9 Å². The average Bonchev–Trinajstić information content (AvgIpc) is 2.76. The molecule has 2 nitrogen and oxygen atoms in total. The maximum atomic E-state index is 3.76.